The van der Waals surface area contributed by atoms with E-state index < -0.39 is 10.7 Å². The topological polar surface area (TPSA) is 69.6 Å². The number of nitrogens with zero attached hydrogens (tertiary/aromatic N) is 1. The van der Waals surface area contributed by atoms with Crippen molar-refractivity contribution < 1.29 is 14.7 Å². The Morgan fingerprint density at radius 3 is 2.35 bits per heavy atom. The number of urea groups is 1. The molecule has 0 saturated heterocycles. The smallest absolute Gasteiger partial charge is 0.322 e. The number of fused-ring (bicyclic) bond motifs is 1. The van der Waals surface area contributed by atoms with Gasteiger partial charge in [0, 0.05) is 23.2 Å². The Balaban J connectivity index is 1.74. The second kappa shape index (κ2) is 9.35. The summed E-state index contributed by atoms with van der Waals surface area (Å²) in [7, 11) is 0. The highest BCUT2D eigenvalue weighted by atomic mass is 32.2. The lowest BCUT2D eigenvalue weighted by molar-refractivity contribution is -0.138. The van der Waals surface area contributed by atoms with Crippen molar-refractivity contribution in [2.45, 2.75) is 69.6 Å². The zero-order chi connectivity index (χ0) is 22.8. The predicted octanol–water partition coefficient (Wildman–Crippen LogP) is 5.67. The summed E-state index contributed by atoms with van der Waals surface area (Å²) in [6, 6.07) is 12.3. The zero-order valence-corrected chi connectivity index (χ0v) is 19.8. The molecule has 2 N–H and O–H groups in total. The standard InChI is InChI=1S/C25H32N2O3S/c1-6-9-27(24(30)26-20-11-16(2)10-17(3)12-20)21-13-18-7-8-22(15-19(18)14-21)31-25(4,5)23(28)29/h7-8,10-12,15,21H,6,9,13-14H2,1-5H3,(H,26,30)(H,28,29). The van der Waals surface area contributed by atoms with Crippen molar-refractivity contribution >= 4 is 29.4 Å². The Morgan fingerprint density at radius 1 is 1.10 bits per heavy atom. The number of thioether (sulfide) groups is 1. The van der Waals surface area contributed by atoms with Crippen LogP contribution in [0.25, 0.3) is 0 Å². The molecular weight excluding hydrogens is 408 g/mol. The van der Waals surface area contributed by atoms with Crippen molar-refractivity contribution in [1.29, 1.82) is 0 Å². The maximum Gasteiger partial charge on any atom is 0.322 e. The number of anilines is 1. The highest BCUT2D eigenvalue weighted by Crippen LogP contribution is 2.36. The van der Waals surface area contributed by atoms with Gasteiger partial charge in [0.1, 0.15) is 4.75 Å². The lowest BCUT2D eigenvalue weighted by atomic mass is 10.1. The SMILES string of the molecule is CCCN(C(=O)Nc1cc(C)cc(C)c1)C1Cc2ccc(SC(C)(C)C(=O)O)cc2C1. The third-order valence-corrected chi connectivity index (χ3v) is 6.79. The van der Waals surface area contributed by atoms with Crippen molar-refractivity contribution in [3.63, 3.8) is 0 Å². The van der Waals surface area contributed by atoms with E-state index in [0.29, 0.717) is 6.54 Å². The molecule has 0 aliphatic heterocycles. The molecule has 6 heteroatoms. The lowest BCUT2D eigenvalue weighted by Crippen LogP contribution is -2.44. The summed E-state index contributed by atoms with van der Waals surface area (Å²) in [4.78, 5) is 27.5. The van der Waals surface area contributed by atoms with Crippen LogP contribution < -0.4 is 5.32 Å². The Morgan fingerprint density at radius 2 is 1.74 bits per heavy atom. The van der Waals surface area contributed by atoms with Gasteiger partial charge in [-0.2, -0.15) is 0 Å². The van der Waals surface area contributed by atoms with E-state index in [-0.39, 0.29) is 12.1 Å². The highest BCUT2D eigenvalue weighted by Gasteiger charge is 2.32. The van der Waals surface area contributed by atoms with E-state index in [1.807, 2.05) is 36.9 Å². The summed E-state index contributed by atoms with van der Waals surface area (Å²) >= 11 is 1.36. The number of hydrogen-bond acceptors (Lipinski definition) is 3. The molecule has 0 heterocycles. The average molecular weight is 441 g/mol. The molecule has 0 spiro atoms. The fourth-order valence-electron chi connectivity index (χ4n) is 4.13. The third kappa shape index (κ3) is 5.62. The first-order valence-corrected chi connectivity index (χ1v) is 11.6. The van der Waals surface area contributed by atoms with Crippen molar-refractivity contribution in [3.05, 3.63) is 58.7 Å². The van der Waals surface area contributed by atoms with Crippen LogP contribution in [0.3, 0.4) is 0 Å². The zero-order valence-electron chi connectivity index (χ0n) is 19.0. The number of hydrogen-bond donors (Lipinski definition) is 2. The van der Waals surface area contributed by atoms with Crippen LogP contribution in [0.5, 0.6) is 0 Å². The molecule has 2 amide bonds. The second-order valence-electron chi connectivity index (χ2n) is 8.91. The van der Waals surface area contributed by atoms with E-state index in [2.05, 4.69) is 30.4 Å². The van der Waals surface area contributed by atoms with Gasteiger partial charge in [-0.3, -0.25) is 4.79 Å². The van der Waals surface area contributed by atoms with Crippen molar-refractivity contribution in [1.82, 2.24) is 4.90 Å². The first kappa shape index (κ1) is 23.2. The van der Waals surface area contributed by atoms with Gasteiger partial charge in [0.15, 0.2) is 0 Å². The molecule has 0 aromatic heterocycles. The first-order chi connectivity index (χ1) is 14.6. The molecule has 5 nitrogen and oxygen atoms in total. The van der Waals surface area contributed by atoms with Gasteiger partial charge >= 0.3 is 12.0 Å². The molecule has 166 valence electrons. The van der Waals surface area contributed by atoms with Crippen LogP contribution in [-0.4, -0.2) is 39.3 Å². The highest BCUT2D eigenvalue weighted by molar-refractivity contribution is 8.01. The van der Waals surface area contributed by atoms with E-state index in [0.717, 1.165) is 41.0 Å². The fraction of sp³-hybridized carbons (Fsp3) is 0.440. The molecule has 1 atom stereocenters. The van der Waals surface area contributed by atoms with Gasteiger partial charge < -0.3 is 15.3 Å². The lowest BCUT2D eigenvalue weighted by Gasteiger charge is -2.29. The van der Waals surface area contributed by atoms with Crippen molar-refractivity contribution in [2.24, 2.45) is 0 Å². The molecule has 1 unspecified atom stereocenters. The minimum absolute atomic E-state index is 0.0636. The number of aliphatic carboxylic acids is 1. The van der Waals surface area contributed by atoms with Gasteiger partial charge in [-0.05, 0) is 93.5 Å². The van der Waals surface area contributed by atoms with E-state index in [4.69, 9.17) is 0 Å². The van der Waals surface area contributed by atoms with E-state index >= 15 is 0 Å². The van der Waals surface area contributed by atoms with Crippen molar-refractivity contribution in [3.8, 4) is 0 Å². The van der Waals surface area contributed by atoms with Crippen LogP contribution in [0, 0.1) is 13.8 Å². The molecule has 0 saturated carbocycles. The van der Waals surface area contributed by atoms with Gasteiger partial charge in [0.25, 0.3) is 0 Å². The fourth-order valence-corrected chi connectivity index (χ4v) is 5.14. The molecule has 0 bridgehead atoms. The Hall–Kier alpha value is -2.47. The summed E-state index contributed by atoms with van der Waals surface area (Å²) < 4.78 is -0.883. The number of carboxylic acid groups (broad SMARTS) is 1. The minimum Gasteiger partial charge on any atom is -0.480 e. The molecule has 1 aliphatic rings. The maximum atomic E-state index is 13.1. The van der Waals surface area contributed by atoms with Gasteiger partial charge in [0.05, 0.1) is 0 Å². The number of carboxylic acids is 1. The number of benzene rings is 2. The molecule has 3 rings (SSSR count). The maximum absolute atomic E-state index is 13.1. The van der Waals surface area contributed by atoms with Gasteiger partial charge in [-0.15, -0.1) is 11.8 Å². The predicted molar refractivity (Wildman–Crippen MR) is 127 cm³/mol. The summed E-state index contributed by atoms with van der Waals surface area (Å²) in [5.41, 5.74) is 5.52. The average Bonchev–Trinajstić information content (AvgIpc) is 3.07. The largest absolute Gasteiger partial charge is 0.480 e. The summed E-state index contributed by atoms with van der Waals surface area (Å²) in [5, 5.41) is 12.5. The van der Waals surface area contributed by atoms with E-state index in [1.54, 1.807) is 13.8 Å². The van der Waals surface area contributed by atoms with Crippen LogP contribution in [-0.2, 0) is 17.6 Å². The normalized spacial score (nSPS) is 15.5. The number of amides is 2. The van der Waals surface area contributed by atoms with Crippen LogP contribution in [0.4, 0.5) is 10.5 Å². The van der Waals surface area contributed by atoms with Crippen LogP contribution >= 0.6 is 11.8 Å². The van der Waals surface area contributed by atoms with Crippen LogP contribution in [0.1, 0.15) is 49.4 Å². The Kier molecular flexibility index (Phi) is 6.99. The number of carbonyl (C=O) groups is 2. The Labute approximate surface area is 189 Å². The summed E-state index contributed by atoms with van der Waals surface area (Å²) in [5.74, 6) is -0.826. The second-order valence-corrected chi connectivity index (χ2v) is 10.6. The molecule has 0 fully saturated rings. The summed E-state index contributed by atoms with van der Waals surface area (Å²) in [6.45, 7) is 10.3. The monoisotopic (exact) mass is 440 g/mol. The van der Waals surface area contributed by atoms with Gasteiger partial charge in [-0.25, -0.2) is 4.79 Å². The minimum atomic E-state index is -0.883. The number of nitrogens with one attached hydrogen (secondary N) is 1. The quantitative estimate of drug-likeness (QED) is 0.544. The summed E-state index contributed by atoms with van der Waals surface area (Å²) in [6.07, 6.45) is 2.50. The van der Waals surface area contributed by atoms with Gasteiger partial charge in [-0.1, -0.05) is 19.1 Å². The number of rotatable bonds is 7. The van der Waals surface area contributed by atoms with E-state index in [9.17, 15) is 14.7 Å². The molecule has 0 radical (unpaired) electrons. The van der Waals surface area contributed by atoms with Crippen LogP contribution in [0.2, 0.25) is 0 Å². The number of aryl methyl sites for hydroxylation is 2. The molecule has 31 heavy (non-hydrogen) atoms. The van der Waals surface area contributed by atoms with Crippen LogP contribution in [0.15, 0.2) is 41.3 Å². The molecule has 1 aliphatic carbocycles. The first-order valence-electron chi connectivity index (χ1n) is 10.8. The molecule has 2 aromatic carbocycles. The van der Waals surface area contributed by atoms with Gasteiger partial charge in [0.2, 0.25) is 0 Å². The molecular formula is C25H32N2O3S. The molecule has 2 aromatic rings. The van der Waals surface area contributed by atoms with Crippen molar-refractivity contribution in [2.75, 3.05) is 11.9 Å². The Bertz CT molecular complexity index is 966. The van der Waals surface area contributed by atoms with E-state index in [1.165, 1.54) is 22.9 Å². The number of carbonyl (C=O) groups excluding carboxylic acids is 1. The third-order valence-electron chi connectivity index (χ3n) is 5.62.